The first-order valence-electron chi connectivity index (χ1n) is 10.2. The van der Waals surface area contributed by atoms with Crippen molar-refractivity contribution in [1.82, 2.24) is 24.9 Å². The van der Waals surface area contributed by atoms with Gasteiger partial charge in [0.1, 0.15) is 5.82 Å². The summed E-state index contributed by atoms with van der Waals surface area (Å²) in [4.78, 5) is 22.3. The van der Waals surface area contributed by atoms with E-state index in [9.17, 15) is 18.0 Å². The Balaban J connectivity index is 1.55. The first-order valence-corrected chi connectivity index (χ1v) is 10.2. The van der Waals surface area contributed by atoms with Gasteiger partial charge in [-0.3, -0.25) is 4.79 Å². The van der Waals surface area contributed by atoms with Crippen LogP contribution in [-0.4, -0.2) is 44.6 Å². The van der Waals surface area contributed by atoms with Gasteiger partial charge >= 0.3 is 6.18 Å². The van der Waals surface area contributed by atoms with Crippen molar-refractivity contribution in [3.8, 4) is 0 Å². The van der Waals surface area contributed by atoms with Crippen molar-refractivity contribution in [3.05, 3.63) is 17.6 Å². The predicted molar refractivity (Wildman–Crippen MR) is 100 cm³/mol. The molecule has 3 heterocycles. The molecular weight excluding hydrogens is 385 g/mol. The maximum absolute atomic E-state index is 13.1. The van der Waals surface area contributed by atoms with Crippen LogP contribution in [0.4, 0.5) is 19.0 Å². The molecule has 1 saturated carbocycles. The molecule has 1 unspecified atom stereocenters. The van der Waals surface area contributed by atoms with Crippen LogP contribution >= 0.6 is 0 Å². The third kappa shape index (κ3) is 4.30. The fourth-order valence-corrected chi connectivity index (χ4v) is 4.28. The van der Waals surface area contributed by atoms with Gasteiger partial charge in [0.05, 0.1) is 5.92 Å². The lowest BCUT2D eigenvalue weighted by molar-refractivity contribution is -0.144. The molecule has 7 nitrogen and oxygen atoms in total. The molecule has 1 saturated heterocycles. The average Bonchev–Trinajstić information content (AvgIpc) is 3.12. The van der Waals surface area contributed by atoms with Gasteiger partial charge in [-0.05, 0) is 32.6 Å². The molecular formula is C19H25F3N6O. The number of nitrogens with zero attached hydrogens (tertiary/aromatic N) is 5. The zero-order valence-electron chi connectivity index (χ0n) is 16.4. The van der Waals surface area contributed by atoms with Crippen LogP contribution in [0.3, 0.4) is 0 Å². The predicted octanol–water partition coefficient (Wildman–Crippen LogP) is 3.12. The van der Waals surface area contributed by atoms with Crippen LogP contribution in [0.2, 0.25) is 0 Å². The molecule has 0 bridgehead atoms. The van der Waals surface area contributed by atoms with Crippen molar-refractivity contribution in [1.29, 1.82) is 0 Å². The lowest BCUT2D eigenvalue weighted by Gasteiger charge is -2.34. The number of anilines is 1. The Bertz CT molecular complexity index is 890. The zero-order valence-corrected chi connectivity index (χ0v) is 16.4. The Hall–Kier alpha value is -2.39. The number of aryl methyl sites for hydroxylation is 1. The number of amides is 1. The van der Waals surface area contributed by atoms with Crippen molar-refractivity contribution in [2.24, 2.45) is 5.92 Å². The standard InChI is InChI=1S/C19H25F3N6O/c1-12-10-15(28-18(23-12)25-17(26-28)19(20,21)22)27-9-5-6-13(11-27)16(29)24-14-7-3-2-4-8-14/h10,13-14H,2-9,11H2,1H3,(H,24,29). The maximum atomic E-state index is 13.1. The minimum atomic E-state index is -4.64. The van der Waals surface area contributed by atoms with Gasteiger partial charge in [0, 0.05) is 30.9 Å². The molecule has 2 fully saturated rings. The monoisotopic (exact) mass is 410 g/mol. The number of aromatic nitrogens is 4. The molecule has 4 rings (SSSR count). The Kier molecular flexibility index (Phi) is 5.35. The van der Waals surface area contributed by atoms with E-state index in [0.717, 1.165) is 43.0 Å². The Labute approximate surface area is 166 Å². The van der Waals surface area contributed by atoms with E-state index in [1.54, 1.807) is 13.0 Å². The van der Waals surface area contributed by atoms with E-state index in [1.165, 1.54) is 6.42 Å². The highest BCUT2D eigenvalue weighted by Crippen LogP contribution is 2.29. The first kappa shape index (κ1) is 19.9. The summed E-state index contributed by atoms with van der Waals surface area (Å²) in [5.74, 6) is -0.953. The van der Waals surface area contributed by atoms with Crippen LogP contribution in [-0.2, 0) is 11.0 Å². The number of carbonyl (C=O) groups excluding carboxylic acids is 1. The molecule has 0 spiro atoms. The van der Waals surface area contributed by atoms with Gasteiger partial charge < -0.3 is 10.2 Å². The molecule has 2 aromatic heterocycles. The quantitative estimate of drug-likeness (QED) is 0.842. The summed E-state index contributed by atoms with van der Waals surface area (Å²) in [7, 11) is 0. The summed E-state index contributed by atoms with van der Waals surface area (Å²) in [6, 6.07) is 1.94. The van der Waals surface area contributed by atoms with E-state index in [2.05, 4.69) is 20.4 Å². The lowest BCUT2D eigenvalue weighted by Crippen LogP contribution is -2.46. The van der Waals surface area contributed by atoms with Gasteiger partial charge in [0.2, 0.25) is 5.91 Å². The van der Waals surface area contributed by atoms with Crippen molar-refractivity contribution in [2.45, 2.75) is 64.1 Å². The molecule has 2 aromatic rings. The van der Waals surface area contributed by atoms with E-state index in [-0.39, 0.29) is 23.6 Å². The smallest absolute Gasteiger partial charge is 0.356 e. The van der Waals surface area contributed by atoms with Crippen LogP contribution in [0.1, 0.15) is 56.5 Å². The summed E-state index contributed by atoms with van der Waals surface area (Å²) < 4.78 is 40.3. The van der Waals surface area contributed by atoms with Crippen molar-refractivity contribution in [2.75, 3.05) is 18.0 Å². The average molecular weight is 410 g/mol. The Morgan fingerprint density at radius 3 is 2.62 bits per heavy atom. The van der Waals surface area contributed by atoms with Crippen LogP contribution in [0.25, 0.3) is 5.78 Å². The molecule has 0 radical (unpaired) electrons. The number of piperidine rings is 1. The first-order chi connectivity index (χ1) is 13.8. The highest BCUT2D eigenvalue weighted by Gasteiger charge is 2.37. The molecule has 0 aromatic carbocycles. The number of fused-ring (bicyclic) bond motifs is 1. The molecule has 10 heteroatoms. The lowest BCUT2D eigenvalue weighted by atomic mass is 9.93. The molecule has 1 atom stereocenters. The molecule has 29 heavy (non-hydrogen) atoms. The van der Waals surface area contributed by atoms with E-state index >= 15 is 0 Å². The topological polar surface area (TPSA) is 75.4 Å². The summed E-state index contributed by atoms with van der Waals surface area (Å²) >= 11 is 0. The fraction of sp³-hybridized carbons (Fsp3) is 0.684. The number of alkyl halides is 3. The third-order valence-electron chi connectivity index (χ3n) is 5.74. The van der Waals surface area contributed by atoms with E-state index in [1.807, 2.05) is 4.90 Å². The van der Waals surface area contributed by atoms with E-state index in [4.69, 9.17) is 0 Å². The number of nitrogens with one attached hydrogen (secondary N) is 1. The number of rotatable bonds is 3. The van der Waals surface area contributed by atoms with Gasteiger partial charge in [0.25, 0.3) is 11.6 Å². The minimum absolute atomic E-state index is 0.0400. The van der Waals surface area contributed by atoms with Gasteiger partial charge in [-0.1, -0.05) is 19.3 Å². The van der Waals surface area contributed by atoms with Crippen molar-refractivity contribution < 1.29 is 18.0 Å². The molecule has 1 aliphatic heterocycles. The van der Waals surface area contributed by atoms with Gasteiger partial charge in [0.15, 0.2) is 0 Å². The maximum Gasteiger partial charge on any atom is 0.453 e. The number of hydrogen-bond donors (Lipinski definition) is 1. The normalized spacial score (nSPS) is 21.5. The SMILES string of the molecule is Cc1cc(N2CCCC(C(=O)NC3CCCCC3)C2)n2nc(C(F)(F)F)nc2n1. The van der Waals surface area contributed by atoms with Crippen LogP contribution < -0.4 is 10.2 Å². The molecule has 2 aliphatic rings. The summed E-state index contributed by atoms with van der Waals surface area (Å²) in [5, 5.41) is 6.81. The Morgan fingerprint density at radius 1 is 1.14 bits per heavy atom. The van der Waals surface area contributed by atoms with Crippen LogP contribution in [0.15, 0.2) is 6.07 Å². The third-order valence-corrected chi connectivity index (χ3v) is 5.74. The second kappa shape index (κ2) is 7.79. The van der Waals surface area contributed by atoms with Gasteiger partial charge in [-0.25, -0.2) is 4.98 Å². The zero-order chi connectivity index (χ0) is 20.6. The second-order valence-corrected chi connectivity index (χ2v) is 8.03. The number of carbonyl (C=O) groups is 1. The molecule has 158 valence electrons. The van der Waals surface area contributed by atoms with E-state index in [0.29, 0.717) is 24.6 Å². The van der Waals surface area contributed by atoms with Gasteiger partial charge in [-0.15, -0.1) is 5.10 Å². The van der Waals surface area contributed by atoms with Gasteiger partial charge in [-0.2, -0.15) is 22.7 Å². The summed E-state index contributed by atoms with van der Waals surface area (Å²) in [5.41, 5.74) is 0.558. The van der Waals surface area contributed by atoms with Crippen molar-refractivity contribution in [3.63, 3.8) is 0 Å². The van der Waals surface area contributed by atoms with Crippen molar-refractivity contribution >= 4 is 17.5 Å². The molecule has 1 aliphatic carbocycles. The Morgan fingerprint density at radius 2 is 1.90 bits per heavy atom. The van der Waals surface area contributed by atoms with Crippen LogP contribution in [0.5, 0.6) is 0 Å². The molecule has 1 amide bonds. The van der Waals surface area contributed by atoms with E-state index < -0.39 is 12.0 Å². The van der Waals surface area contributed by atoms with Crippen LogP contribution in [0, 0.1) is 12.8 Å². The fourth-order valence-electron chi connectivity index (χ4n) is 4.28. The largest absolute Gasteiger partial charge is 0.453 e. The summed E-state index contributed by atoms with van der Waals surface area (Å²) in [6.07, 6.45) is 2.46. The minimum Gasteiger partial charge on any atom is -0.356 e. The number of halogens is 3. The second-order valence-electron chi connectivity index (χ2n) is 8.03. The highest BCUT2D eigenvalue weighted by molar-refractivity contribution is 5.80. The summed E-state index contributed by atoms with van der Waals surface area (Å²) in [6.45, 7) is 2.80. The highest BCUT2D eigenvalue weighted by atomic mass is 19.4. The number of hydrogen-bond acceptors (Lipinski definition) is 5. The molecule has 1 N–H and O–H groups in total.